The van der Waals surface area contributed by atoms with Crippen molar-refractivity contribution in [3.8, 4) is 11.4 Å². The minimum atomic E-state index is -3.78. The van der Waals surface area contributed by atoms with Crippen LogP contribution in [-0.4, -0.2) is 57.1 Å². The molecule has 1 N–H and O–H groups in total. The van der Waals surface area contributed by atoms with E-state index in [0.717, 1.165) is 0 Å². The first-order chi connectivity index (χ1) is 11.2. The number of rotatable bonds is 4. The van der Waals surface area contributed by atoms with Crippen molar-refractivity contribution >= 4 is 16.0 Å². The maximum Gasteiger partial charge on any atom is 0.310 e. The smallest absolute Gasteiger partial charge is 0.310 e. The standard InChI is InChI=1S/C14H17N5O4S/c1-14(13(20)21)6-7-19(9-14)24(22,23)11-5-3-4-10(8-11)12-15-16-17-18(12)2/h3-5,8H,6-7,9H2,1-2H3,(H,20,21). The van der Waals surface area contributed by atoms with Gasteiger partial charge in [-0.1, -0.05) is 12.1 Å². The fourth-order valence-electron chi connectivity index (χ4n) is 2.72. The average Bonchev–Trinajstić information content (AvgIpc) is 3.15. The Morgan fingerprint density at radius 1 is 1.38 bits per heavy atom. The molecule has 1 aromatic carbocycles. The predicted octanol–water partition coefficient (Wildman–Crippen LogP) is 0.362. The summed E-state index contributed by atoms with van der Waals surface area (Å²) in [7, 11) is -2.12. The molecule has 0 amide bonds. The van der Waals surface area contributed by atoms with Crippen LogP contribution in [0.25, 0.3) is 11.4 Å². The van der Waals surface area contributed by atoms with Crippen LogP contribution in [-0.2, 0) is 21.9 Å². The number of hydrogen-bond donors (Lipinski definition) is 1. The summed E-state index contributed by atoms with van der Waals surface area (Å²) in [6, 6.07) is 6.32. The van der Waals surface area contributed by atoms with Gasteiger partial charge in [0, 0.05) is 25.7 Å². The Morgan fingerprint density at radius 3 is 2.71 bits per heavy atom. The molecule has 0 aliphatic carbocycles. The summed E-state index contributed by atoms with van der Waals surface area (Å²) < 4.78 is 28.3. The third-order valence-electron chi connectivity index (χ3n) is 4.30. The molecule has 10 heteroatoms. The Morgan fingerprint density at radius 2 is 2.12 bits per heavy atom. The minimum Gasteiger partial charge on any atom is -0.481 e. The molecule has 1 atom stereocenters. The van der Waals surface area contributed by atoms with Gasteiger partial charge in [0.25, 0.3) is 0 Å². The van der Waals surface area contributed by atoms with E-state index in [9.17, 15) is 18.3 Å². The minimum absolute atomic E-state index is 0.0413. The Hall–Kier alpha value is -2.33. The van der Waals surface area contributed by atoms with Crippen LogP contribution in [0.4, 0.5) is 0 Å². The fraction of sp³-hybridized carbons (Fsp3) is 0.429. The highest BCUT2D eigenvalue weighted by atomic mass is 32.2. The highest BCUT2D eigenvalue weighted by molar-refractivity contribution is 7.89. The lowest BCUT2D eigenvalue weighted by Crippen LogP contribution is -2.34. The van der Waals surface area contributed by atoms with Gasteiger partial charge in [-0.15, -0.1) is 5.10 Å². The van der Waals surface area contributed by atoms with Crippen LogP contribution in [0, 0.1) is 5.41 Å². The number of sulfonamides is 1. The Balaban J connectivity index is 1.94. The van der Waals surface area contributed by atoms with E-state index in [1.807, 2.05) is 0 Å². The van der Waals surface area contributed by atoms with Crippen LogP contribution in [0.1, 0.15) is 13.3 Å². The third-order valence-corrected chi connectivity index (χ3v) is 6.15. The molecule has 0 spiro atoms. The van der Waals surface area contributed by atoms with Gasteiger partial charge in [-0.3, -0.25) is 4.79 Å². The van der Waals surface area contributed by atoms with Gasteiger partial charge in [-0.25, -0.2) is 13.1 Å². The number of carboxylic acids is 1. The van der Waals surface area contributed by atoms with Gasteiger partial charge in [-0.05, 0) is 35.9 Å². The fourth-order valence-corrected chi connectivity index (χ4v) is 4.33. The summed E-state index contributed by atoms with van der Waals surface area (Å²) >= 11 is 0. The first kappa shape index (κ1) is 16.5. The van der Waals surface area contributed by atoms with Crippen molar-refractivity contribution in [2.45, 2.75) is 18.2 Å². The molecule has 24 heavy (non-hydrogen) atoms. The molecule has 1 saturated heterocycles. The van der Waals surface area contributed by atoms with Gasteiger partial charge in [0.15, 0.2) is 5.82 Å². The number of hydrogen-bond acceptors (Lipinski definition) is 6. The second-order valence-corrected chi connectivity index (χ2v) is 8.05. The molecule has 128 valence electrons. The van der Waals surface area contributed by atoms with E-state index >= 15 is 0 Å². The third kappa shape index (κ3) is 2.67. The molecule has 1 aliphatic rings. The van der Waals surface area contributed by atoms with Crippen molar-refractivity contribution in [3.05, 3.63) is 24.3 Å². The Bertz CT molecular complexity index is 894. The molecule has 9 nitrogen and oxygen atoms in total. The highest BCUT2D eigenvalue weighted by Gasteiger charge is 2.44. The predicted molar refractivity (Wildman–Crippen MR) is 83.4 cm³/mol. The van der Waals surface area contributed by atoms with Crippen LogP contribution in [0.15, 0.2) is 29.2 Å². The molecule has 1 unspecified atom stereocenters. The van der Waals surface area contributed by atoms with E-state index < -0.39 is 21.4 Å². The number of aryl methyl sites for hydroxylation is 1. The van der Waals surface area contributed by atoms with Crippen molar-refractivity contribution in [1.29, 1.82) is 0 Å². The molecule has 0 radical (unpaired) electrons. The number of carboxylic acid groups (broad SMARTS) is 1. The van der Waals surface area contributed by atoms with Gasteiger partial charge < -0.3 is 5.11 Å². The highest BCUT2D eigenvalue weighted by Crippen LogP contribution is 2.34. The van der Waals surface area contributed by atoms with E-state index in [-0.39, 0.29) is 24.4 Å². The second kappa shape index (κ2) is 5.64. The van der Waals surface area contributed by atoms with Crippen molar-refractivity contribution in [3.63, 3.8) is 0 Å². The molecule has 0 bridgehead atoms. The van der Waals surface area contributed by atoms with Crippen LogP contribution in [0.3, 0.4) is 0 Å². The number of nitrogens with zero attached hydrogens (tertiary/aromatic N) is 5. The van der Waals surface area contributed by atoms with Gasteiger partial charge in [0.05, 0.1) is 10.3 Å². The number of aromatic nitrogens is 4. The summed E-state index contributed by atoms with van der Waals surface area (Å²) in [5.74, 6) is -0.539. The Labute approximate surface area is 138 Å². The van der Waals surface area contributed by atoms with Crippen LogP contribution in [0.5, 0.6) is 0 Å². The number of aliphatic carboxylic acids is 1. The van der Waals surface area contributed by atoms with Crippen molar-refractivity contribution in [1.82, 2.24) is 24.5 Å². The molecule has 2 aromatic rings. The summed E-state index contributed by atoms with van der Waals surface area (Å²) in [6.07, 6.45) is 0.286. The van der Waals surface area contributed by atoms with E-state index in [4.69, 9.17) is 0 Å². The summed E-state index contributed by atoms with van der Waals surface area (Å²) in [5.41, 5.74) is -0.484. The average molecular weight is 351 g/mol. The largest absolute Gasteiger partial charge is 0.481 e. The summed E-state index contributed by atoms with van der Waals surface area (Å²) in [6.45, 7) is 1.70. The molecule has 2 heterocycles. The molecule has 1 aromatic heterocycles. The zero-order valence-electron chi connectivity index (χ0n) is 13.2. The zero-order valence-corrected chi connectivity index (χ0v) is 14.1. The van der Waals surface area contributed by atoms with E-state index in [0.29, 0.717) is 11.4 Å². The van der Waals surface area contributed by atoms with Gasteiger partial charge in [-0.2, -0.15) is 4.31 Å². The van der Waals surface area contributed by atoms with Gasteiger partial charge >= 0.3 is 5.97 Å². The molecular weight excluding hydrogens is 334 g/mol. The molecular formula is C14H17N5O4S. The van der Waals surface area contributed by atoms with Gasteiger partial charge in [0.1, 0.15) is 0 Å². The summed E-state index contributed by atoms with van der Waals surface area (Å²) in [5, 5.41) is 20.4. The number of tetrazole rings is 1. The van der Waals surface area contributed by atoms with E-state index in [2.05, 4.69) is 15.5 Å². The topological polar surface area (TPSA) is 118 Å². The van der Waals surface area contributed by atoms with E-state index in [1.54, 1.807) is 26.1 Å². The number of benzene rings is 1. The lowest BCUT2D eigenvalue weighted by Gasteiger charge is -2.20. The second-order valence-electron chi connectivity index (χ2n) is 6.11. The van der Waals surface area contributed by atoms with Crippen molar-refractivity contribution < 1.29 is 18.3 Å². The van der Waals surface area contributed by atoms with Crippen molar-refractivity contribution in [2.24, 2.45) is 12.5 Å². The Kier molecular flexibility index (Phi) is 3.88. The molecule has 1 fully saturated rings. The van der Waals surface area contributed by atoms with Crippen LogP contribution < -0.4 is 0 Å². The van der Waals surface area contributed by atoms with Gasteiger partial charge in [0.2, 0.25) is 10.0 Å². The van der Waals surface area contributed by atoms with Crippen LogP contribution in [0.2, 0.25) is 0 Å². The monoisotopic (exact) mass is 351 g/mol. The quantitative estimate of drug-likeness (QED) is 0.845. The van der Waals surface area contributed by atoms with E-state index in [1.165, 1.54) is 21.1 Å². The number of carbonyl (C=O) groups is 1. The SMILES string of the molecule is Cn1nnnc1-c1cccc(S(=O)(=O)N2CCC(C)(C(=O)O)C2)c1. The van der Waals surface area contributed by atoms with Crippen molar-refractivity contribution in [2.75, 3.05) is 13.1 Å². The first-order valence-electron chi connectivity index (χ1n) is 7.30. The maximum atomic E-state index is 12.8. The maximum absolute atomic E-state index is 12.8. The lowest BCUT2D eigenvalue weighted by molar-refractivity contribution is -0.146. The summed E-state index contributed by atoms with van der Waals surface area (Å²) in [4.78, 5) is 11.4. The van der Waals surface area contributed by atoms with Crippen LogP contribution >= 0.6 is 0 Å². The normalized spacial score (nSPS) is 21.9. The molecule has 1 aliphatic heterocycles. The molecule has 3 rings (SSSR count). The zero-order chi connectivity index (χ0) is 17.5. The first-order valence-corrected chi connectivity index (χ1v) is 8.74. The lowest BCUT2D eigenvalue weighted by atomic mass is 9.90. The molecule has 0 saturated carbocycles.